The summed E-state index contributed by atoms with van der Waals surface area (Å²) in [6, 6.07) is 12.8. The van der Waals surface area contributed by atoms with Gasteiger partial charge in [0.1, 0.15) is 5.82 Å². The van der Waals surface area contributed by atoms with Crippen LogP contribution in [0.3, 0.4) is 0 Å². The minimum atomic E-state index is -0.175. The third-order valence-electron chi connectivity index (χ3n) is 6.56. The van der Waals surface area contributed by atoms with Gasteiger partial charge in [0.25, 0.3) is 11.1 Å². The van der Waals surface area contributed by atoms with Crippen LogP contribution in [-0.2, 0) is 17.8 Å². The predicted molar refractivity (Wildman–Crippen MR) is 122 cm³/mol. The van der Waals surface area contributed by atoms with E-state index in [1.165, 1.54) is 0 Å². The van der Waals surface area contributed by atoms with Gasteiger partial charge in [-0.1, -0.05) is 18.2 Å². The summed E-state index contributed by atoms with van der Waals surface area (Å²) in [6.07, 6.45) is 1.80. The van der Waals surface area contributed by atoms with Crippen LogP contribution in [0.15, 0.2) is 52.1 Å². The molecule has 0 saturated carbocycles. The van der Waals surface area contributed by atoms with E-state index < -0.39 is 0 Å². The summed E-state index contributed by atoms with van der Waals surface area (Å²) in [5.74, 6) is 1.34. The standard InChI is InChI=1S/C24H27N5O3/c30-22(9-8-21-26-19-5-2-1-4-18(19)24(32)27-21)25-10-11-28-13-16-12-17(15-28)20-6-3-7-23(31)29(20)14-16/h1-7,16-17H,8-15H2,(H,25,30)(H,26,27,32)/t16-,17+/m1/s1. The van der Waals surface area contributed by atoms with E-state index in [-0.39, 0.29) is 23.4 Å². The van der Waals surface area contributed by atoms with Crippen LogP contribution in [0.2, 0.25) is 0 Å². The largest absolute Gasteiger partial charge is 0.355 e. The van der Waals surface area contributed by atoms with Crippen LogP contribution in [0.1, 0.15) is 30.3 Å². The first kappa shape index (κ1) is 20.6. The van der Waals surface area contributed by atoms with Gasteiger partial charge in [0.05, 0.1) is 10.9 Å². The second-order valence-electron chi connectivity index (χ2n) is 8.84. The molecular formula is C24H27N5O3. The van der Waals surface area contributed by atoms with Crippen LogP contribution in [0, 0.1) is 5.92 Å². The van der Waals surface area contributed by atoms with Crippen molar-refractivity contribution >= 4 is 16.8 Å². The fourth-order valence-corrected chi connectivity index (χ4v) is 5.11. The molecule has 2 aliphatic rings. The van der Waals surface area contributed by atoms with Crippen molar-refractivity contribution in [3.05, 3.63) is 74.7 Å². The molecule has 2 aliphatic heterocycles. The minimum absolute atomic E-state index is 0.0464. The Balaban J connectivity index is 1.11. The van der Waals surface area contributed by atoms with E-state index >= 15 is 0 Å². The Hall–Kier alpha value is -3.26. The Labute approximate surface area is 185 Å². The van der Waals surface area contributed by atoms with Crippen molar-refractivity contribution in [1.82, 2.24) is 24.8 Å². The molecule has 1 fully saturated rings. The number of H-pyrrole nitrogens is 1. The number of aromatic nitrogens is 3. The first-order valence-electron chi connectivity index (χ1n) is 11.2. The van der Waals surface area contributed by atoms with Gasteiger partial charge >= 0.3 is 0 Å². The number of nitrogens with zero attached hydrogens (tertiary/aromatic N) is 3. The molecular weight excluding hydrogens is 406 g/mol. The summed E-state index contributed by atoms with van der Waals surface area (Å²) in [6.45, 7) is 4.03. The van der Waals surface area contributed by atoms with Crippen molar-refractivity contribution in [3.63, 3.8) is 0 Å². The number of piperidine rings is 1. The van der Waals surface area contributed by atoms with Gasteiger partial charge in [-0.05, 0) is 30.5 Å². The third-order valence-corrected chi connectivity index (χ3v) is 6.56. The molecule has 8 heteroatoms. The Morgan fingerprint density at radius 2 is 1.97 bits per heavy atom. The smallest absolute Gasteiger partial charge is 0.258 e. The highest BCUT2D eigenvalue weighted by Crippen LogP contribution is 2.34. The van der Waals surface area contributed by atoms with Gasteiger partial charge in [0, 0.05) is 63.2 Å². The molecule has 8 nitrogen and oxygen atoms in total. The molecule has 5 rings (SSSR count). The predicted octanol–water partition coefficient (Wildman–Crippen LogP) is 1.25. The van der Waals surface area contributed by atoms with Crippen LogP contribution in [0.4, 0.5) is 0 Å². The van der Waals surface area contributed by atoms with Gasteiger partial charge in [0.15, 0.2) is 0 Å². The van der Waals surface area contributed by atoms with Crippen LogP contribution >= 0.6 is 0 Å². The zero-order chi connectivity index (χ0) is 22.1. The van der Waals surface area contributed by atoms with Crippen LogP contribution in [0.25, 0.3) is 10.9 Å². The fraction of sp³-hybridized carbons (Fsp3) is 0.417. The van der Waals surface area contributed by atoms with E-state index in [1.54, 1.807) is 24.3 Å². The van der Waals surface area contributed by atoms with Gasteiger partial charge in [-0.3, -0.25) is 14.4 Å². The van der Waals surface area contributed by atoms with Crippen molar-refractivity contribution in [2.45, 2.75) is 31.7 Å². The maximum absolute atomic E-state index is 12.3. The second-order valence-corrected chi connectivity index (χ2v) is 8.84. The highest BCUT2D eigenvalue weighted by atomic mass is 16.1. The molecule has 2 bridgehead atoms. The number of aryl methyl sites for hydroxylation is 1. The zero-order valence-corrected chi connectivity index (χ0v) is 17.9. The number of para-hydroxylation sites is 1. The molecule has 166 valence electrons. The third kappa shape index (κ3) is 4.23. The first-order chi connectivity index (χ1) is 15.6. The van der Waals surface area contributed by atoms with Crippen molar-refractivity contribution in [3.8, 4) is 0 Å². The van der Waals surface area contributed by atoms with Crippen molar-refractivity contribution in [2.24, 2.45) is 5.92 Å². The molecule has 2 N–H and O–H groups in total. The molecule has 1 saturated heterocycles. The van der Waals surface area contributed by atoms with Gasteiger partial charge < -0.3 is 19.8 Å². The summed E-state index contributed by atoms with van der Waals surface area (Å²) in [5, 5.41) is 3.55. The Bertz CT molecular complexity index is 1260. The Kier molecular flexibility index (Phi) is 5.61. The average molecular weight is 434 g/mol. The number of aromatic amines is 1. The highest BCUT2D eigenvalue weighted by molar-refractivity contribution is 5.78. The molecule has 2 atom stereocenters. The molecule has 0 aliphatic carbocycles. The van der Waals surface area contributed by atoms with Crippen molar-refractivity contribution in [2.75, 3.05) is 26.2 Å². The number of amides is 1. The van der Waals surface area contributed by atoms with E-state index in [0.717, 1.165) is 38.3 Å². The lowest BCUT2D eigenvalue weighted by molar-refractivity contribution is -0.121. The van der Waals surface area contributed by atoms with Gasteiger partial charge in [-0.15, -0.1) is 0 Å². The maximum atomic E-state index is 12.3. The molecule has 4 heterocycles. The molecule has 0 unspecified atom stereocenters. The van der Waals surface area contributed by atoms with Gasteiger partial charge in [-0.2, -0.15) is 0 Å². The number of carbonyl (C=O) groups excluding carboxylic acids is 1. The number of hydrogen-bond acceptors (Lipinski definition) is 5. The number of rotatable bonds is 6. The van der Waals surface area contributed by atoms with Crippen LogP contribution in [0.5, 0.6) is 0 Å². The lowest BCUT2D eigenvalue weighted by Crippen LogP contribution is -2.48. The number of carbonyl (C=O) groups is 1. The van der Waals surface area contributed by atoms with E-state index in [1.807, 2.05) is 16.7 Å². The Morgan fingerprint density at radius 1 is 1.09 bits per heavy atom. The van der Waals surface area contributed by atoms with Crippen LogP contribution < -0.4 is 16.4 Å². The van der Waals surface area contributed by atoms with E-state index in [9.17, 15) is 14.4 Å². The van der Waals surface area contributed by atoms with Crippen LogP contribution in [-0.4, -0.2) is 51.5 Å². The first-order valence-corrected chi connectivity index (χ1v) is 11.2. The lowest BCUT2D eigenvalue weighted by Gasteiger charge is -2.42. The molecule has 32 heavy (non-hydrogen) atoms. The van der Waals surface area contributed by atoms with Crippen molar-refractivity contribution < 1.29 is 4.79 Å². The summed E-state index contributed by atoms with van der Waals surface area (Å²) >= 11 is 0. The molecule has 0 radical (unpaired) electrons. The molecule has 1 amide bonds. The molecule has 3 aromatic rings. The maximum Gasteiger partial charge on any atom is 0.258 e. The average Bonchev–Trinajstić information content (AvgIpc) is 2.78. The topological polar surface area (TPSA) is 100 Å². The number of likely N-dealkylation sites (tertiary alicyclic amines) is 1. The number of benzene rings is 1. The Morgan fingerprint density at radius 3 is 2.88 bits per heavy atom. The van der Waals surface area contributed by atoms with E-state index in [0.29, 0.717) is 41.5 Å². The summed E-state index contributed by atoms with van der Waals surface area (Å²) in [4.78, 5) is 46.2. The summed E-state index contributed by atoms with van der Waals surface area (Å²) < 4.78 is 1.93. The summed E-state index contributed by atoms with van der Waals surface area (Å²) in [5.41, 5.74) is 1.70. The normalized spacial score (nSPS) is 20.1. The van der Waals surface area contributed by atoms with Gasteiger partial charge in [-0.25, -0.2) is 4.98 Å². The molecule has 1 aromatic carbocycles. The lowest BCUT2D eigenvalue weighted by atomic mass is 9.83. The zero-order valence-electron chi connectivity index (χ0n) is 17.9. The SMILES string of the molecule is O=C(CCc1nc2ccccc2c(=O)[nH]1)NCCN1C[C@H]2C[C@@H](C1)c1cccc(=O)n1C2. The number of nitrogens with one attached hydrogen (secondary N) is 2. The van der Waals surface area contributed by atoms with E-state index in [4.69, 9.17) is 0 Å². The fourth-order valence-electron chi connectivity index (χ4n) is 5.11. The molecule has 0 spiro atoms. The minimum Gasteiger partial charge on any atom is -0.355 e. The number of fused-ring (bicyclic) bond motifs is 5. The monoisotopic (exact) mass is 433 g/mol. The quantitative estimate of drug-likeness (QED) is 0.610. The number of hydrogen-bond donors (Lipinski definition) is 2. The summed E-state index contributed by atoms with van der Waals surface area (Å²) in [7, 11) is 0. The van der Waals surface area contributed by atoms with Gasteiger partial charge in [0.2, 0.25) is 5.91 Å². The number of pyridine rings is 1. The molecule has 2 aromatic heterocycles. The highest BCUT2D eigenvalue weighted by Gasteiger charge is 2.34. The second kappa shape index (κ2) is 8.70. The van der Waals surface area contributed by atoms with E-state index in [2.05, 4.69) is 26.3 Å². The van der Waals surface area contributed by atoms with Crippen molar-refractivity contribution in [1.29, 1.82) is 0 Å².